The Balaban J connectivity index is 2.05. The number of halogens is 2. The molecule has 0 aromatic heterocycles. The predicted molar refractivity (Wildman–Crippen MR) is 85.2 cm³/mol. The molecule has 0 atom stereocenters. The second kappa shape index (κ2) is 7.45. The maximum Gasteiger partial charge on any atom is 0.254 e. The Morgan fingerprint density at radius 2 is 1.95 bits per heavy atom. The van der Waals surface area contributed by atoms with Crippen LogP contribution in [0, 0.1) is 5.41 Å². The molecule has 6 heteroatoms. The number of rotatable bonds is 5. The van der Waals surface area contributed by atoms with Crippen molar-refractivity contribution >= 4 is 29.1 Å². The van der Waals surface area contributed by atoms with Gasteiger partial charge in [-0.3, -0.25) is 4.79 Å². The van der Waals surface area contributed by atoms with Crippen molar-refractivity contribution in [1.82, 2.24) is 10.6 Å². The molecule has 0 unspecified atom stereocenters. The summed E-state index contributed by atoms with van der Waals surface area (Å²) in [6.07, 6.45) is 1.94. The molecule has 4 nitrogen and oxygen atoms in total. The van der Waals surface area contributed by atoms with Gasteiger partial charge in [0.05, 0.1) is 22.2 Å². The Hall–Kier alpha value is -0.810. The molecule has 1 aromatic rings. The lowest BCUT2D eigenvalue weighted by Crippen LogP contribution is -2.47. The molecule has 0 saturated carbocycles. The van der Waals surface area contributed by atoms with Gasteiger partial charge < -0.3 is 15.4 Å². The minimum Gasteiger partial charge on any atom is -0.384 e. The van der Waals surface area contributed by atoms with E-state index in [2.05, 4.69) is 10.6 Å². The van der Waals surface area contributed by atoms with E-state index in [9.17, 15) is 4.79 Å². The standard InChI is InChI=1S/C15H20Cl2N2O2/c1-21-10-15(5-7-18-8-6-15)9-19-14(20)13-11(16)3-2-4-12(13)17/h2-4,18H,5-10H2,1H3,(H,19,20). The molecule has 1 saturated heterocycles. The molecule has 1 aliphatic rings. The first kappa shape index (κ1) is 16.6. The van der Waals surface area contributed by atoms with E-state index < -0.39 is 0 Å². The van der Waals surface area contributed by atoms with Crippen LogP contribution in [0.2, 0.25) is 10.0 Å². The monoisotopic (exact) mass is 330 g/mol. The Kier molecular flexibility index (Phi) is 5.88. The Bertz CT molecular complexity index is 477. The first-order valence-electron chi connectivity index (χ1n) is 7.00. The Morgan fingerprint density at radius 3 is 2.52 bits per heavy atom. The SMILES string of the molecule is COCC1(CNC(=O)c2c(Cl)cccc2Cl)CCNCC1. The fourth-order valence-corrected chi connectivity index (χ4v) is 3.28. The summed E-state index contributed by atoms with van der Waals surface area (Å²) < 4.78 is 5.34. The average Bonchev–Trinajstić information content (AvgIpc) is 2.46. The summed E-state index contributed by atoms with van der Waals surface area (Å²) in [5.41, 5.74) is 0.311. The normalized spacial score (nSPS) is 17.5. The number of benzene rings is 1. The van der Waals surface area contributed by atoms with E-state index >= 15 is 0 Å². The molecular formula is C15H20Cl2N2O2. The maximum atomic E-state index is 12.3. The smallest absolute Gasteiger partial charge is 0.254 e. The molecule has 0 bridgehead atoms. The molecule has 116 valence electrons. The van der Waals surface area contributed by atoms with Crippen molar-refractivity contribution in [2.45, 2.75) is 12.8 Å². The first-order chi connectivity index (χ1) is 10.1. The average molecular weight is 331 g/mol. The van der Waals surface area contributed by atoms with E-state index in [1.165, 1.54) is 0 Å². The van der Waals surface area contributed by atoms with Gasteiger partial charge >= 0.3 is 0 Å². The van der Waals surface area contributed by atoms with E-state index in [0.29, 0.717) is 28.8 Å². The molecule has 1 heterocycles. The molecule has 1 fully saturated rings. The number of carbonyl (C=O) groups excluding carboxylic acids is 1. The van der Waals surface area contributed by atoms with Crippen molar-refractivity contribution in [2.75, 3.05) is 33.4 Å². The van der Waals surface area contributed by atoms with Crippen molar-refractivity contribution in [3.8, 4) is 0 Å². The second-order valence-corrected chi connectivity index (χ2v) is 6.28. The summed E-state index contributed by atoms with van der Waals surface area (Å²) in [5, 5.41) is 7.02. The first-order valence-corrected chi connectivity index (χ1v) is 7.75. The van der Waals surface area contributed by atoms with Crippen LogP contribution in [0.15, 0.2) is 18.2 Å². The highest BCUT2D eigenvalue weighted by atomic mass is 35.5. The third kappa shape index (κ3) is 4.10. The van der Waals surface area contributed by atoms with Gasteiger partial charge in [-0.15, -0.1) is 0 Å². The van der Waals surface area contributed by atoms with Crippen LogP contribution >= 0.6 is 23.2 Å². The number of ether oxygens (including phenoxy) is 1. The Morgan fingerprint density at radius 1 is 1.33 bits per heavy atom. The van der Waals surface area contributed by atoms with Crippen LogP contribution in [-0.2, 0) is 4.74 Å². The molecule has 2 N–H and O–H groups in total. The van der Waals surface area contributed by atoms with E-state index in [0.717, 1.165) is 25.9 Å². The zero-order chi connectivity index (χ0) is 15.3. The quantitative estimate of drug-likeness (QED) is 0.872. The number of carbonyl (C=O) groups is 1. The van der Waals surface area contributed by atoms with Gasteiger partial charge in [-0.1, -0.05) is 29.3 Å². The van der Waals surface area contributed by atoms with Gasteiger partial charge in [0.1, 0.15) is 0 Å². The largest absolute Gasteiger partial charge is 0.384 e. The van der Waals surface area contributed by atoms with E-state index in [1.54, 1.807) is 25.3 Å². The summed E-state index contributed by atoms with van der Waals surface area (Å²) in [6, 6.07) is 5.05. The number of hydrogen-bond acceptors (Lipinski definition) is 3. The van der Waals surface area contributed by atoms with Crippen molar-refractivity contribution in [3.63, 3.8) is 0 Å². The number of hydrogen-bond donors (Lipinski definition) is 2. The molecule has 0 aliphatic carbocycles. The maximum absolute atomic E-state index is 12.3. The van der Waals surface area contributed by atoms with Crippen molar-refractivity contribution in [2.24, 2.45) is 5.41 Å². The third-order valence-electron chi connectivity index (χ3n) is 3.93. The van der Waals surface area contributed by atoms with Gasteiger partial charge in [-0.05, 0) is 38.1 Å². The molecule has 1 aromatic carbocycles. The molecular weight excluding hydrogens is 311 g/mol. The summed E-state index contributed by atoms with van der Waals surface area (Å²) in [7, 11) is 1.69. The molecule has 2 rings (SSSR count). The topological polar surface area (TPSA) is 50.4 Å². The highest BCUT2D eigenvalue weighted by molar-refractivity contribution is 6.39. The minimum atomic E-state index is -0.236. The summed E-state index contributed by atoms with van der Waals surface area (Å²) in [5.74, 6) is -0.236. The van der Waals surface area contributed by atoms with Crippen LogP contribution in [0.1, 0.15) is 23.2 Å². The predicted octanol–water partition coefficient (Wildman–Crippen LogP) is 2.74. The van der Waals surface area contributed by atoms with Crippen molar-refractivity contribution in [3.05, 3.63) is 33.8 Å². The minimum absolute atomic E-state index is 0.0244. The zero-order valence-electron chi connectivity index (χ0n) is 12.0. The lowest BCUT2D eigenvalue weighted by Gasteiger charge is -2.37. The lowest BCUT2D eigenvalue weighted by atomic mass is 9.79. The number of amides is 1. The molecule has 0 spiro atoms. The summed E-state index contributed by atoms with van der Waals surface area (Å²) in [4.78, 5) is 12.3. The Labute approximate surface area is 135 Å². The van der Waals surface area contributed by atoms with Gasteiger partial charge in [-0.2, -0.15) is 0 Å². The van der Waals surface area contributed by atoms with E-state index in [1.807, 2.05) is 0 Å². The summed E-state index contributed by atoms with van der Waals surface area (Å²) >= 11 is 12.1. The van der Waals surface area contributed by atoms with E-state index in [-0.39, 0.29) is 11.3 Å². The van der Waals surface area contributed by atoms with E-state index in [4.69, 9.17) is 27.9 Å². The highest BCUT2D eigenvalue weighted by Crippen LogP contribution is 2.29. The van der Waals surface area contributed by atoms with Crippen LogP contribution in [0.5, 0.6) is 0 Å². The van der Waals surface area contributed by atoms with Crippen LogP contribution in [0.25, 0.3) is 0 Å². The number of nitrogens with one attached hydrogen (secondary N) is 2. The van der Waals surface area contributed by atoms with Gasteiger partial charge in [-0.25, -0.2) is 0 Å². The van der Waals surface area contributed by atoms with Gasteiger partial charge in [0.25, 0.3) is 5.91 Å². The molecule has 1 aliphatic heterocycles. The zero-order valence-corrected chi connectivity index (χ0v) is 13.6. The fourth-order valence-electron chi connectivity index (χ4n) is 2.71. The molecule has 0 radical (unpaired) electrons. The number of methoxy groups -OCH3 is 1. The van der Waals surface area contributed by atoms with Gasteiger partial charge in [0.15, 0.2) is 0 Å². The van der Waals surface area contributed by atoms with Crippen molar-refractivity contribution in [1.29, 1.82) is 0 Å². The summed E-state index contributed by atoms with van der Waals surface area (Å²) in [6.45, 7) is 3.06. The lowest BCUT2D eigenvalue weighted by molar-refractivity contribution is 0.0512. The van der Waals surface area contributed by atoms with Crippen molar-refractivity contribution < 1.29 is 9.53 Å². The van der Waals surface area contributed by atoms with Crippen LogP contribution in [-0.4, -0.2) is 39.3 Å². The van der Waals surface area contributed by atoms with Gasteiger partial charge in [0.2, 0.25) is 0 Å². The molecule has 21 heavy (non-hydrogen) atoms. The van der Waals surface area contributed by atoms with Gasteiger partial charge in [0, 0.05) is 19.1 Å². The van der Waals surface area contributed by atoms with Crippen LogP contribution < -0.4 is 10.6 Å². The fraction of sp³-hybridized carbons (Fsp3) is 0.533. The third-order valence-corrected chi connectivity index (χ3v) is 4.56. The van der Waals surface area contributed by atoms with Crippen LogP contribution in [0.3, 0.4) is 0 Å². The highest BCUT2D eigenvalue weighted by Gasteiger charge is 2.32. The van der Waals surface area contributed by atoms with Crippen LogP contribution in [0.4, 0.5) is 0 Å². The molecule has 1 amide bonds. The number of piperidine rings is 1. The second-order valence-electron chi connectivity index (χ2n) is 5.46.